The van der Waals surface area contributed by atoms with E-state index in [0.717, 1.165) is 18.4 Å². The number of carbonyl (C=O) groups excluding carboxylic acids is 1. The van der Waals surface area contributed by atoms with Gasteiger partial charge in [0, 0.05) is 25.2 Å². The van der Waals surface area contributed by atoms with Gasteiger partial charge in [-0.2, -0.15) is 0 Å². The Morgan fingerprint density at radius 1 is 1.39 bits per heavy atom. The predicted molar refractivity (Wildman–Crippen MR) is 80.2 cm³/mol. The molecule has 2 saturated heterocycles. The molecule has 2 aliphatic heterocycles. The maximum atomic E-state index is 13.4. The molecule has 2 aromatic rings. The van der Waals surface area contributed by atoms with Gasteiger partial charge in [0.2, 0.25) is 0 Å². The highest BCUT2D eigenvalue weighted by Gasteiger charge is 2.37. The topological polar surface area (TPSA) is 70.9 Å². The first kappa shape index (κ1) is 14.6. The van der Waals surface area contributed by atoms with Crippen LogP contribution in [-0.2, 0) is 16.1 Å². The number of aliphatic hydroxyl groups is 1. The van der Waals surface area contributed by atoms with Crippen molar-refractivity contribution in [1.82, 2.24) is 14.5 Å². The predicted octanol–water partition coefficient (Wildman–Crippen LogP) is 1.23. The minimum Gasteiger partial charge on any atom is -0.388 e. The zero-order valence-corrected chi connectivity index (χ0v) is 12.6. The molecular weight excluding hydrogens is 301 g/mol. The van der Waals surface area contributed by atoms with Crippen molar-refractivity contribution in [2.24, 2.45) is 0 Å². The third-order valence-corrected chi connectivity index (χ3v) is 4.62. The molecule has 2 fully saturated rings. The summed E-state index contributed by atoms with van der Waals surface area (Å²) in [5.74, 6) is 0.279. The molecule has 23 heavy (non-hydrogen) atoms. The van der Waals surface area contributed by atoms with Gasteiger partial charge in [0.1, 0.15) is 18.2 Å². The Bertz CT molecular complexity index is 748. The molecule has 0 aliphatic carbocycles. The van der Waals surface area contributed by atoms with Gasteiger partial charge in [-0.25, -0.2) is 9.37 Å². The van der Waals surface area contributed by atoms with Gasteiger partial charge in [-0.15, -0.1) is 0 Å². The molecule has 2 aliphatic rings. The van der Waals surface area contributed by atoms with Gasteiger partial charge in [0.25, 0.3) is 5.91 Å². The quantitative estimate of drug-likeness (QED) is 0.864. The molecule has 1 aromatic carbocycles. The molecule has 1 atom stereocenters. The second kappa shape index (κ2) is 5.58. The van der Waals surface area contributed by atoms with Crippen LogP contribution in [0.3, 0.4) is 0 Å². The van der Waals surface area contributed by atoms with Gasteiger partial charge in [-0.05, 0) is 25.0 Å². The largest absolute Gasteiger partial charge is 0.388 e. The molecule has 1 aromatic heterocycles. The van der Waals surface area contributed by atoms with E-state index in [9.17, 15) is 14.3 Å². The fraction of sp³-hybridized carbons (Fsp3) is 0.500. The number of hydrogen-bond donors (Lipinski definition) is 1. The van der Waals surface area contributed by atoms with Crippen LogP contribution < -0.4 is 0 Å². The standard InChI is InChI=1S/C16H18FN3O3/c17-10-1-2-13-12(7-10)18-15(8-21)20(13)11-3-5-19(6-4-11)16(22)14-9-23-14/h1-2,7,11,14,21H,3-6,8-9H2. The van der Waals surface area contributed by atoms with Gasteiger partial charge >= 0.3 is 0 Å². The molecule has 0 bridgehead atoms. The number of aliphatic hydroxyl groups excluding tert-OH is 1. The summed E-state index contributed by atoms with van der Waals surface area (Å²) in [6.45, 7) is 1.67. The van der Waals surface area contributed by atoms with Crippen LogP contribution in [0.4, 0.5) is 4.39 Å². The minimum absolute atomic E-state index is 0.0726. The summed E-state index contributed by atoms with van der Waals surface area (Å²) < 4.78 is 20.4. The number of amides is 1. The van der Waals surface area contributed by atoms with E-state index < -0.39 is 0 Å². The number of imidazole rings is 1. The average molecular weight is 319 g/mol. The van der Waals surface area contributed by atoms with E-state index in [1.807, 2.05) is 9.47 Å². The Kier molecular flexibility index (Phi) is 3.54. The van der Waals surface area contributed by atoms with Crippen molar-refractivity contribution in [3.8, 4) is 0 Å². The zero-order chi connectivity index (χ0) is 16.0. The number of hydrogen-bond acceptors (Lipinski definition) is 4. The maximum absolute atomic E-state index is 13.4. The number of benzene rings is 1. The highest BCUT2D eigenvalue weighted by molar-refractivity contribution is 5.83. The monoisotopic (exact) mass is 319 g/mol. The summed E-state index contributed by atoms with van der Waals surface area (Å²) in [5.41, 5.74) is 1.38. The van der Waals surface area contributed by atoms with Gasteiger partial charge in [0.05, 0.1) is 17.6 Å². The second-order valence-corrected chi connectivity index (χ2v) is 6.07. The molecule has 4 rings (SSSR count). The number of carbonyl (C=O) groups is 1. The first-order valence-electron chi connectivity index (χ1n) is 7.85. The number of aromatic nitrogens is 2. The van der Waals surface area contributed by atoms with Crippen molar-refractivity contribution < 1.29 is 19.0 Å². The lowest BCUT2D eigenvalue weighted by atomic mass is 10.0. The lowest BCUT2D eigenvalue weighted by Crippen LogP contribution is -2.41. The second-order valence-electron chi connectivity index (χ2n) is 6.07. The van der Waals surface area contributed by atoms with Gasteiger partial charge in [-0.3, -0.25) is 4.79 Å². The lowest BCUT2D eigenvalue weighted by molar-refractivity contribution is -0.133. The van der Waals surface area contributed by atoms with E-state index in [1.54, 1.807) is 6.07 Å². The normalized spacial score (nSPS) is 21.8. The van der Waals surface area contributed by atoms with Crippen LogP contribution >= 0.6 is 0 Å². The SMILES string of the molecule is O=C(C1CO1)N1CCC(n2c(CO)nc3cc(F)ccc32)CC1. The number of halogens is 1. The number of ether oxygens (including phenoxy) is 1. The Morgan fingerprint density at radius 2 is 2.13 bits per heavy atom. The maximum Gasteiger partial charge on any atom is 0.254 e. The summed E-state index contributed by atoms with van der Waals surface area (Å²) in [6, 6.07) is 4.64. The number of piperidine rings is 1. The molecule has 0 saturated carbocycles. The van der Waals surface area contributed by atoms with Gasteiger partial charge in [-0.1, -0.05) is 0 Å². The fourth-order valence-electron chi connectivity index (χ4n) is 3.38. The summed E-state index contributed by atoms with van der Waals surface area (Å²) in [6.07, 6.45) is 1.33. The average Bonchev–Trinajstić information content (AvgIpc) is 3.35. The third-order valence-electron chi connectivity index (χ3n) is 4.62. The summed E-state index contributed by atoms with van der Waals surface area (Å²) in [4.78, 5) is 18.2. The molecule has 0 spiro atoms. The lowest BCUT2D eigenvalue weighted by Gasteiger charge is -2.33. The number of likely N-dealkylation sites (tertiary alicyclic amines) is 1. The number of rotatable bonds is 3. The number of fused-ring (bicyclic) bond motifs is 1. The molecule has 6 nitrogen and oxygen atoms in total. The number of epoxide rings is 1. The van der Waals surface area contributed by atoms with Crippen molar-refractivity contribution in [2.75, 3.05) is 19.7 Å². The summed E-state index contributed by atoms with van der Waals surface area (Å²) in [5, 5.41) is 9.58. The fourth-order valence-corrected chi connectivity index (χ4v) is 3.38. The highest BCUT2D eigenvalue weighted by Crippen LogP contribution is 2.30. The van der Waals surface area contributed by atoms with Crippen LogP contribution in [-0.4, -0.2) is 51.3 Å². The minimum atomic E-state index is -0.337. The van der Waals surface area contributed by atoms with E-state index >= 15 is 0 Å². The van der Waals surface area contributed by atoms with Crippen molar-refractivity contribution in [3.05, 3.63) is 29.8 Å². The van der Waals surface area contributed by atoms with Crippen LogP contribution in [0.15, 0.2) is 18.2 Å². The van der Waals surface area contributed by atoms with E-state index in [-0.39, 0.29) is 30.5 Å². The molecule has 1 amide bonds. The third kappa shape index (κ3) is 2.60. The van der Waals surface area contributed by atoms with Crippen LogP contribution in [0.25, 0.3) is 11.0 Å². The Balaban J connectivity index is 1.58. The molecule has 1 N–H and O–H groups in total. The Labute approximate surface area is 132 Å². The summed E-state index contributed by atoms with van der Waals surface area (Å²) in [7, 11) is 0. The van der Waals surface area contributed by atoms with Crippen LogP contribution in [0, 0.1) is 5.82 Å². The van der Waals surface area contributed by atoms with E-state index in [0.29, 0.717) is 31.0 Å². The van der Waals surface area contributed by atoms with Crippen molar-refractivity contribution in [2.45, 2.75) is 31.6 Å². The summed E-state index contributed by atoms with van der Waals surface area (Å²) >= 11 is 0. The van der Waals surface area contributed by atoms with Crippen molar-refractivity contribution in [3.63, 3.8) is 0 Å². The van der Waals surface area contributed by atoms with Crippen molar-refractivity contribution in [1.29, 1.82) is 0 Å². The van der Waals surface area contributed by atoms with E-state index in [4.69, 9.17) is 4.74 Å². The van der Waals surface area contributed by atoms with Crippen molar-refractivity contribution >= 4 is 16.9 Å². The molecule has 3 heterocycles. The number of nitrogens with zero attached hydrogens (tertiary/aromatic N) is 3. The van der Waals surface area contributed by atoms with Gasteiger partial charge < -0.3 is 19.3 Å². The first-order valence-corrected chi connectivity index (χ1v) is 7.85. The Morgan fingerprint density at radius 3 is 2.78 bits per heavy atom. The zero-order valence-electron chi connectivity index (χ0n) is 12.6. The molecule has 122 valence electrons. The Hall–Kier alpha value is -1.99. The van der Waals surface area contributed by atoms with Crippen LogP contribution in [0.5, 0.6) is 0 Å². The highest BCUT2D eigenvalue weighted by atomic mass is 19.1. The van der Waals surface area contributed by atoms with Crippen LogP contribution in [0.2, 0.25) is 0 Å². The molecule has 7 heteroatoms. The van der Waals surface area contributed by atoms with Gasteiger partial charge in [0.15, 0.2) is 6.10 Å². The molecule has 1 unspecified atom stereocenters. The van der Waals surface area contributed by atoms with E-state index in [1.165, 1.54) is 12.1 Å². The first-order chi connectivity index (χ1) is 11.2. The molecular formula is C16H18FN3O3. The smallest absolute Gasteiger partial charge is 0.254 e. The van der Waals surface area contributed by atoms with E-state index in [2.05, 4.69) is 4.98 Å². The van der Waals surface area contributed by atoms with Crippen LogP contribution in [0.1, 0.15) is 24.7 Å². The molecule has 0 radical (unpaired) electrons.